The van der Waals surface area contributed by atoms with Gasteiger partial charge in [0.1, 0.15) is 29.7 Å². The molecular weight excluding hydrogens is 439 g/mol. The van der Waals surface area contributed by atoms with Gasteiger partial charge in [0.05, 0.1) is 19.8 Å². The monoisotopic (exact) mass is 464 g/mol. The number of nitrogens with two attached hydrogens (primary N) is 1. The standard InChI is InChI=1S/C25H25FN4O4/c26-23-22(33-14-18-9-5-2-6-10-18)20(15-32-13-17-7-3-1-4-8-17)34-25(23,31)21-12-11-19-24(27)28-16-29-30(19)21/h1-12,16,20,22-23,31H,13-15H2,(H2,27,28,29)/t20-,22-,23+,25?/m1/s1. The number of ether oxygens (including phenoxy) is 3. The van der Waals surface area contributed by atoms with Crippen LogP contribution >= 0.6 is 0 Å². The molecule has 0 amide bonds. The van der Waals surface area contributed by atoms with Crippen molar-refractivity contribution >= 4 is 11.3 Å². The van der Waals surface area contributed by atoms with Gasteiger partial charge in [-0.25, -0.2) is 13.9 Å². The molecule has 0 spiro atoms. The average molecular weight is 464 g/mol. The van der Waals surface area contributed by atoms with Gasteiger partial charge in [0.15, 0.2) is 12.0 Å². The summed E-state index contributed by atoms with van der Waals surface area (Å²) in [7, 11) is 0. The van der Waals surface area contributed by atoms with E-state index < -0.39 is 24.2 Å². The van der Waals surface area contributed by atoms with E-state index in [1.165, 1.54) is 16.9 Å². The van der Waals surface area contributed by atoms with Crippen LogP contribution in [0, 0.1) is 0 Å². The van der Waals surface area contributed by atoms with Gasteiger partial charge in [-0.05, 0) is 23.3 Å². The highest BCUT2D eigenvalue weighted by Crippen LogP contribution is 2.42. The van der Waals surface area contributed by atoms with Crippen molar-refractivity contribution in [3.05, 3.63) is 95.9 Å². The molecule has 9 heteroatoms. The Morgan fingerprint density at radius 1 is 1.00 bits per heavy atom. The van der Waals surface area contributed by atoms with Gasteiger partial charge >= 0.3 is 0 Å². The molecule has 4 atom stereocenters. The minimum Gasteiger partial charge on any atom is -0.382 e. The molecule has 0 aliphatic carbocycles. The number of nitrogens with zero attached hydrogens (tertiary/aromatic N) is 3. The van der Waals surface area contributed by atoms with Crippen molar-refractivity contribution in [1.29, 1.82) is 0 Å². The molecule has 3 N–H and O–H groups in total. The van der Waals surface area contributed by atoms with Gasteiger partial charge in [0.2, 0.25) is 5.79 Å². The van der Waals surface area contributed by atoms with Gasteiger partial charge in [-0.1, -0.05) is 60.7 Å². The molecule has 2 aromatic heterocycles. The maximum absolute atomic E-state index is 15.9. The molecule has 1 fully saturated rings. The van der Waals surface area contributed by atoms with Crippen molar-refractivity contribution in [2.45, 2.75) is 37.4 Å². The normalized spacial score (nSPS) is 24.6. The van der Waals surface area contributed by atoms with Crippen LogP contribution in [-0.4, -0.2) is 44.7 Å². The lowest BCUT2D eigenvalue weighted by Crippen LogP contribution is -2.40. The number of aromatic nitrogens is 3. The Bertz CT molecular complexity index is 1240. The lowest BCUT2D eigenvalue weighted by Gasteiger charge is -2.24. The summed E-state index contributed by atoms with van der Waals surface area (Å²) in [4.78, 5) is 3.94. The number of nitrogen functional groups attached to an aromatic ring is 1. The minimum atomic E-state index is -2.31. The van der Waals surface area contributed by atoms with Crippen LogP contribution in [0.1, 0.15) is 16.8 Å². The quantitative estimate of drug-likeness (QED) is 0.413. The fourth-order valence-corrected chi connectivity index (χ4v) is 4.15. The van der Waals surface area contributed by atoms with E-state index in [4.69, 9.17) is 19.9 Å². The van der Waals surface area contributed by atoms with Crippen LogP contribution in [0.2, 0.25) is 0 Å². The molecule has 1 unspecified atom stereocenters. The van der Waals surface area contributed by atoms with Crippen LogP contribution < -0.4 is 5.73 Å². The number of benzene rings is 2. The Balaban J connectivity index is 1.39. The van der Waals surface area contributed by atoms with E-state index in [0.29, 0.717) is 12.1 Å². The van der Waals surface area contributed by atoms with Crippen LogP contribution in [0.25, 0.3) is 5.52 Å². The zero-order valence-electron chi connectivity index (χ0n) is 18.3. The number of fused-ring (bicyclic) bond motifs is 1. The second-order valence-corrected chi connectivity index (χ2v) is 8.18. The van der Waals surface area contributed by atoms with Gasteiger partial charge in [-0.2, -0.15) is 5.10 Å². The van der Waals surface area contributed by atoms with E-state index in [0.717, 1.165) is 11.1 Å². The van der Waals surface area contributed by atoms with Crippen molar-refractivity contribution in [3.8, 4) is 0 Å². The van der Waals surface area contributed by atoms with Crippen molar-refractivity contribution in [1.82, 2.24) is 14.6 Å². The third-order valence-corrected chi connectivity index (χ3v) is 5.89. The predicted octanol–water partition coefficient (Wildman–Crippen LogP) is 3.00. The molecule has 0 bridgehead atoms. The number of halogens is 1. The van der Waals surface area contributed by atoms with Gasteiger partial charge in [0, 0.05) is 0 Å². The Kier molecular flexibility index (Phi) is 6.25. The van der Waals surface area contributed by atoms with Crippen LogP contribution in [0.3, 0.4) is 0 Å². The third-order valence-electron chi connectivity index (χ3n) is 5.89. The zero-order chi connectivity index (χ0) is 23.5. The van der Waals surface area contributed by atoms with Crippen molar-refractivity contribution < 1.29 is 23.7 Å². The zero-order valence-corrected chi connectivity index (χ0v) is 18.3. The lowest BCUT2D eigenvalue weighted by molar-refractivity contribution is -0.232. The van der Waals surface area contributed by atoms with Crippen LogP contribution in [-0.2, 0) is 33.2 Å². The summed E-state index contributed by atoms with van der Waals surface area (Å²) in [6.45, 7) is 0.501. The molecule has 2 aromatic carbocycles. The average Bonchev–Trinajstić information content (AvgIpc) is 3.40. The topological polar surface area (TPSA) is 104 Å². The van der Waals surface area contributed by atoms with Gasteiger partial charge in [0.25, 0.3) is 0 Å². The molecule has 34 heavy (non-hydrogen) atoms. The first-order chi connectivity index (χ1) is 16.6. The van der Waals surface area contributed by atoms with Gasteiger partial charge < -0.3 is 25.1 Å². The lowest BCUT2D eigenvalue weighted by atomic mass is 10.0. The first-order valence-electron chi connectivity index (χ1n) is 11.0. The summed E-state index contributed by atoms with van der Waals surface area (Å²) in [5, 5.41) is 15.5. The summed E-state index contributed by atoms with van der Waals surface area (Å²) in [5.74, 6) is -2.10. The minimum absolute atomic E-state index is 0.0253. The first kappa shape index (κ1) is 22.4. The maximum atomic E-state index is 15.9. The number of rotatable bonds is 8. The summed E-state index contributed by atoms with van der Waals surface area (Å²) < 4.78 is 34.9. The highest BCUT2D eigenvalue weighted by Gasteiger charge is 2.58. The van der Waals surface area contributed by atoms with Crippen LogP contribution in [0.15, 0.2) is 79.1 Å². The van der Waals surface area contributed by atoms with E-state index in [1.807, 2.05) is 60.7 Å². The molecule has 0 radical (unpaired) electrons. The molecule has 5 rings (SSSR count). The molecule has 0 saturated carbocycles. The number of alkyl halides is 1. The van der Waals surface area contributed by atoms with E-state index in [-0.39, 0.29) is 24.7 Å². The summed E-state index contributed by atoms with van der Waals surface area (Å²) in [6.07, 6.45) is -2.61. The second-order valence-electron chi connectivity index (χ2n) is 8.18. The van der Waals surface area contributed by atoms with E-state index in [2.05, 4.69) is 10.1 Å². The number of anilines is 1. The largest absolute Gasteiger partial charge is 0.382 e. The van der Waals surface area contributed by atoms with Gasteiger partial charge in [-0.3, -0.25) is 0 Å². The summed E-state index contributed by atoms with van der Waals surface area (Å²) >= 11 is 0. The van der Waals surface area contributed by atoms with Crippen LogP contribution in [0.4, 0.5) is 10.2 Å². The highest BCUT2D eigenvalue weighted by molar-refractivity contribution is 5.65. The Morgan fingerprint density at radius 3 is 2.38 bits per heavy atom. The molecule has 3 heterocycles. The molecule has 1 aliphatic heterocycles. The summed E-state index contributed by atoms with van der Waals surface area (Å²) in [5.41, 5.74) is 8.29. The van der Waals surface area contributed by atoms with E-state index >= 15 is 4.39 Å². The number of hydrogen-bond donors (Lipinski definition) is 2. The van der Waals surface area contributed by atoms with Crippen molar-refractivity contribution in [3.63, 3.8) is 0 Å². The molecule has 8 nitrogen and oxygen atoms in total. The Hall–Kier alpha value is -3.37. The van der Waals surface area contributed by atoms with E-state index in [9.17, 15) is 5.11 Å². The predicted molar refractivity (Wildman–Crippen MR) is 122 cm³/mol. The SMILES string of the molecule is Nc1ncnn2c(C3(O)O[C@H](COCc4ccccc4)[C@@H](OCc4ccccc4)[C@@H]3F)ccc12. The second kappa shape index (κ2) is 9.47. The maximum Gasteiger partial charge on any atom is 0.245 e. The smallest absolute Gasteiger partial charge is 0.245 e. The van der Waals surface area contributed by atoms with Gasteiger partial charge in [-0.15, -0.1) is 0 Å². The number of aliphatic hydroxyl groups is 1. The molecule has 176 valence electrons. The molecule has 1 saturated heterocycles. The third kappa shape index (κ3) is 4.26. The molecule has 1 aliphatic rings. The fraction of sp³-hybridized carbons (Fsp3) is 0.280. The fourth-order valence-electron chi connectivity index (χ4n) is 4.15. The summed E-state index contributed by atoms with van der Waals surface area (Å²) in [6, 6.07) is 22.2. The number of hydrogen-bond acceptors (Lipinski definition) is 7. The van der Waals surface area contributed by atoms with Crippen molar-refractivity contribution in [2.75, 3.05) is 12.3 Å². The Labute approximate surface area is 195 Å². The van der Waals surface area contributed by atoms with E-state index in [1.54, 1.807) is 6.07 Å². The highest BCUT2D eigenvalue weighted by atomic mass is 19.1. The molecule has 4 aromatic rings. The first-order valence-corrected chi connectivity index (χ1v) is 11.0. The van der Waals surface area contributed by atoms with Crippen LogP contribution in [0.5, 0.6) is 0 Å². The molecular formula is C25H25FN4O4. The van der Waals surface area contributed by atoms with Crippen molar-refractivity contribution in [2.24, 2.45) is 0 Å². The Morgan fingerprint density at radius 2 is 1.68 bits per heavy atom.